The number of aromatic nitrogens is 4. The van der Waals surface area contributed by atoms with Gasteiger partial charge in [-0.3, -0.25) is 0 Å². The van der Waals surface area contributed by atoms with Gasteiger partial charge in [0.15, 0.2) is 0 Å². The summed E-state index contributed by atoms with van der Waals surface area (Å²) in [7, 11) is 0. The van der Waals surface area contributed by atoms with Crippen LogP contribution in [0.2, 0.25) is 5.15 Å². The van der Waals surface area contributed by atoms with Gasteiger partial charge in [0.25, 0.3) is 5.78 Å². The monoisotopic (exact) mass is 267 g/mol. The van der Waals surface area contributed by atoms with Crippen LogP contribution in [0.3, 0.4) is 0 Å². The highest BCUT2D eigenvalue weighted by Crippen LogP contribution is 2.22. The summed E-state index contributed by atoms with van der Waals surface area (Å²) in [5, 5.41) is 4.62. The second-order valence-corrected chi connectivity index (χ2v) is 4.96. The Morgan fingerprint density at radius 3 is 2.78 bits per heavy atom. The van der Waals surface area contributed by atoms with Crippen LogP contribution in [-0.4, -0.2) is 44.9 Å². The highest BCUT2D eigenvalue weighted by Gasteiger charge is 2.24. The molecule has 3 heterocycles. The van der Waals surface area contributed by atoms with Gasteiger partial charge in [-0.15, -0.1) is 0 Å². The van der Waals surface area contributed by atoms with Crippen LogP contribution in [0.5, 0.6) is 0 Å². The normalized spacial score (nSPS) is 24.7. The molecule has 1 aliphatic rings. The molecule has 2 atom stereocenters. The lowest BCUT2D eigenvalue weighted by Gasteiger charge is -2.36. The smallest absolute Gasteiger partial charge is 0.255 e. The quantitative estimate of drug-likeness (QED) is 0.731. The number of halogens is 1. The van der Waals surface area contributed by atoms with Crippen LogP contribution in [0.15, 0.2) is 12.4 Å². The molecule has 0 amide bonds. The summed E-state index contributed by atoms with van der Waals surface area (Å²) >= 11 is 6.02. The van der Waals surface area contributed by atoms with E-state index in [0.29, 0.717) is 10.9 Å². The number of anilines is 1. The molecule has 0 spiro atoms. The second-order valence-electron chi connectivity index (χ2n) is 4.57. The molecule has 18 heavy (non-hydrogen) atoms. The number of rotatable bonds is 1. The van der Waals surface area contributed by atoms with E-state index in [-0.39, 0.29) is 12.2 Å². The fourth-order valence-corrected chi connectivity index (χ4v) is 2.53. The van der Waals surface area contributed by atoms with E-state index in [2.05, 4.69) is 33.8 Å². The topological polar surface area (TPSA) is 55.6 Å². The maximum absolute atomic E-state index is 6.02. The SMILES string of the molecule is C[C@@H]1CN(c2cc(Cl)nc3ncnn23)C[C@H](C)O1. The first-order valence-corrected chi connectivity index (χ1v) is 6.28. The highest BCUT2D eigenvalue weighted by molar-refractivity contribution is 6.29. The van der Waals surface area contributed by atoms with Gasteiger partial charge in [-0.25, -0.2) is 0 Å². The van der Waals surface area contributed by atoms with E-state index in [1.165, 1.54) is 6.33 Å². The minimum absolute atomic E-state index is 0.180. The van der Waals surface area contributed by atoms with Crippen molar-refractivity contribution < 1.29 is 4.74 Å². The van der Waals surface area contributed by atoms with Crippen molar-refractivity contribution in [1.29, 1.82) is 0 Å². The molecule has 1 aliphatic heterocycles. The summed E-state index contributed by atoms with van der Waals surface area (Å²) in [6.45, 7) is 5.73. The zero-order valence-corrected chi connectivity index (χ0v) is 11.0. The number of nitrogens with zero attached hydrogens (tertiary/aromatic N) is 5. The molecule has 96 valence electrons. The van der Waals surface area contributed by atoms with Gasteiger partial charge in [-0.05, 0) is 13.8 Å². The lowest BCUT2D eigenvalue weighted by molar-refractivity contribution is -0.00557. The van der Waals surface area contributed by atoms with Crippen LogP contribution in [-0.2, 0) is 4.74 Å². The summed E-state index contributed by atoms with van der Waals surface area (Å²) in [4.78, 5) is 10.4. The number of fused-ring (bicyclic) bond motifs is 1. The van der Waals surface area contributed by atoms with Gasteiger partial charge in [0.05, 0.1) is 12.2 Å². The number of hydrogen-bond acceptors (Lipinski definition) is 5. The van der Waals surface area contributed by atoms with Gasteiger partial charge < -0.3 is 9.64 Å². The Kier molecular flexibility index (Phi) is 2.83. The van der Waals surface area contributed by atoms with Crippen molar-refractivity contribution in [3.8, 4) is 0 Å². The average molecular weight is 268 g/mol. The molecule has 1 fully saturated rings. The summed E-state index contributed by atoms with van der Waals surface area (Å²) in [6.07, 6.45) is 1.84. The fourth-order valence-electron chi connectivity index (χ4n) is 2.36. The third-order valence-electron chi connectivity index (χ3n) is 2.95. The third-order valence-corrected chi connectivity index (χ3v) is 3.14. The van der Waals surface area contributed by atoms with Gasteiger partial charge >= 0.3 is 0 Å². The van der Waals surface area contributed by atoms with E-state index in [4.69, 9.17) is 16.3 Å². The number of hydrogen-bond donors (Lipinski definition) is 0. The van der Waals surface area contributed by atoms with Crippen molar-refractivity contribution in [3.05, 3.63) is 17.5 Å². The molecule has 0 aliphatic carbocycles. The van der Waals surface area contributed by atoms with Crippen molar-refractivity contribution in [2.75, 3.05) is 18.0 Å². The molecule has 0 N–H and O–H groups in total. The Hall–Kier alpha value is -1.40. The third kappa shape index (κ3) is 2.02. The van der Waals surface area contributed by atoms with Crippen molar-refractivity contribution >= 4 is 23.2 Å². The molecule has 0 unspecified atom stereocenters. The van der Waals surface area contributed by atoms with Gasteiger partial charge in [0, 0.05) is 19.2 Å². The first-order valence-electron chi connectivity index (χ1n) is 5.90. The van der Waals surface area contributed by atoms with Crippen molar-refractivity contribution in [3.63, 3.8) is 0 Å². The van der Waals surface area contributed by atoms with E-state index in [0.717, 1.165) is 18.9 Å². The zero-order chi connectivity index (χ0) is 12.7. The van der Waals surface area contributed by atoms with E-state index in [1.807, 2.05) is 6.07 Å². The first-order chi connectivity index (χ1) is 8.63. The van der Waals surface area contributed by atoms with Crippen molar-refractivity contribution in [2.45, 2.75) is 26.1 Å². The van der Waals surface area contributed by atoms with Gasteiger partial charge in [0.1, 0.15) is 17.3 Å². The summed E-state index contributed by atoms with van der Waals surface area (Å²) in [5.74, 6) is 1.42. The van der Waals surface area contributed by atoms with Gasteiger partial charge in [-0.2, -0.15) is 19.6 Å². The predicted octanol–water partition coefficient (Wildman–Crippen LogP) is 1.39. The van der Waals surface area contributed by atoms with E-state index >= 15 is 0 Å². The highest BCUT2D eigenvalue weighted by atomic mass is 35.5. The molecule has 2 aromatic heterocycles. The van der Waals surface area contributed by atoms with Gasteiger partial charge in [-0.1, -0.05) is 11.6 Å². The molecule has 1 saturated heterocycles. The minimum atomic E-state index is 0.180. The van der Waals surface area contributed by atoms with Crippen LogP contribution in [0.25, 0.3) is 5.78 Å². The Labute approximate surface area is 110 Å². The predicted molar refractivity (Wildman–Crippen MR) is 68.0 cm³/mol. The minimum Gasteiger partial charge on any atom is -0.372 e. The molecule has 0 radical (unpaired) electrons. The first kappa shape index (κ1) is 11.7. The molecule has 3 rings (SSSR count). The van der Waals surface area contributed by atoms with Crippen molar-refractivity contribution in [1.82, 2.24) is 19.6 Å². The summed E-state index contributed by atoms with van der Waals surface area (Å²) < 4.78 is 7.43. The Morgan fingerprint density at radius 1 is 1.33 bits per heavy atom. The fraction of sp³-hybridized carbons (Fsp3) is 0.545. The summed E-state index contributed by atoms with van der Waals surface area (Å²) in [6, 6.07) is 1.81. The van der Waals surface area contributed by atoms with Crippen LogP contribution in [0.1, 0.15) is 13.8 Å². The average Bonchev–Trinajstić information content (AvgIpc) is 2.74. The van der Waals surface area contributed by atoms with Crippen LogP contribution in [0, 0.1) is 0 Å². The molecule has 7 heteroatoms. The van der Waals surface area contributed by atoms with E-state index in [1.54, 1.807) is 4.52 Å². The zero-order valence-electron chi connectivity index (χ0n) is 10.2. The van der Waals surface area contributed by atoms with Gasteiger partial charge in [0.2, 0.25) is 0 Å². The molecular weight excluding hydrogens is 254 g/mol. The summed E-state index contributed by atoms with van der Waals surface area (Å²) in [5.41, 5.74) is 0. The lowest BCUT2D eigenvalue weighted by atomic mass is 10.2. The molecule has 0 aromatic carbocycles. The number of morpholine rings is 1. The second kappa shape index (κ2) is 4.37. The van der Waals surface area contributed by atoms with E-state index in [9.17, 15) is 0 Å². The largest absolute Gasteiger partial charge is 0.372 e. The number of ether oxygens (including phenoxy) is 1. The maximum atomic E-state index is 6.02. The molecule has 2 aromatic rings. The Balaban J connectivity index is 2.05. The Bertz CT molecular complexity index is 562. The maximum Gasteiger partial charge on any atom is 0.255 e. The van der Waals surface area contributed by atoms with E-state index < -0.39 is 0 Å². The van der Waals surface area contributed by atoms with Crippen LogP contribution >= 0.6 is 11.6 Å². The standard InChI is InChI=1S/C11H14ClN5O/c1-7-4-16(5-8(2)18-7)10-3-9(12)15-11-13-6-14-17(10)11/h3,6-8H,4-5H2,1-2H3/t7-,8+. The lowest BCUT2D eigenvalue weighted by Crippen LogP contribution is -2.46. The molecule has 0 saturated carbocycles. The van der Waals surface area contributed by atoms with Crippen molar-refractivity contribution in [2.24, 2.45) is 0 Å². The molecule has 6 nitrogen and oxygen atoms in total. The van der Waals surface area contributed by atoms with Crippen LogP contribution < -0.4 is 4.90 Å². The molecule has 0 bridgehead atoms. The van der Waals surface area contributed by atoms with Crippen LogP contribution in [0.4, 0.5) is 5.82 Å². The Morgan fingerprint density at radius 2 is 2.06 bits per heavy atom. The molecular formula is C11H14ClN5O.